The van der Waals surface area contributed by atoms with Crippen LogP contribution in [0, 0.1) is 6.92 Å². The highest BCUT2D eigenvalue weighted by Gasteiger charge is 2.00. The molecular formula is C6H10N4. The van der Waals surface area contributed by atoms with E-state index in [1.165, 1.54) is 0 Å². The maximum atomic E-state index is 5.48. The summed E-state index contributed by atoms with van der Waals surface area (Å²) in [6.07, 6.45) is 0. The zero-order chi connectivity index (χ0) is 7.72. The lowest BCUT2D eigenvalue weighted by atomic mass is 10.3. The minimum Gasteiger partial charge on any atom is -0.397 e. The second kappa shape index (κ2) is 2.06. The normalized spacial score (nSPS) is 9.70. The van der Waals surface area contributed by atoms with Gasteiger partial charge in [-0.1, -0.05) is 0 Å². The van der Waals surface area contributed by atoms with Gasteiger partial charge in [0.05, 0.1) is 11.4 Å². The van der Waals surface area contributed by atoms with Crippen LogP contribution in [-0.2, 0) is 0 Å². The maximum Gasteiger partial charge on any atom is 0.149 e. The monoisotopic (exact) mass is 138 g/mol. The second-order valence-electron chi connectivity index (χ2n) is 2.15. The molecule has 1 aromatic rings. The van der Waals surface area contributed by atoms with Gasteiger partial charge in [-0.3, -0.25) is 0 Å². The Hall–Kier alpha value is -1.45. The Kier molecular flexibility index (Phi) is 1.37. The Morgan fingerprint density at radius 1 is 1.30 bits per heavy atom. The molecule has 0 aliphatic rings. The lowest BCUT2D eigenvalue weighted by molar-refractivity contribution is 1.22. The molecule has 0 aliphatic heterocycles. The molecule has 10 heavy (non-hydrogen) atoms. The second-order valence-corrected chi connectivity index (χ2v) is 2.15. The van der Waals surface area contributed by atoms with Gasteiger partial charge >= 0.3 is 0 Å². The smallest absolute Gasteiger partial charge is 0.149 e. The lowest BCUT2D eigenvalue weighted by Gasteiger charge is -2.02. The van der Waals surface area contributed by atoms with E-state index in [9.17, 15) is 0 Å². The maximum absolute atomic E-state index is 5.48. The van der Waals surface area contributed by atoms with E-state index in [1.807, 2.05) is 6.92 Å². The van der Waals surface area contributed by atoms with Gasteiger partial charge in [0.25, 0.3) is 0 Å². The van der Waals surface area contributed by atoms with Crippen molar-refractivity contribution in [2.24, 2.45) is 0 Å². The third-order valence-corrected chi connectivity index (χ3v) is 1.25. The Morgan fingerprint density at radius 3 is 2.40 bits per heavy atom. The van der Waals surface area contributed by atoms with Crippen LogP contribution >= 0.6 is 0 Å². The molecule has 0 fully saturated rings. The van der Waals surface area contributed by atoms with Crippen LogP contribution in [0.4, 0.5) is 17.2 Å². The van der Waals surface area contributed by atoms with Gasteiger partial charge in [0.15, 0.2) is 0 Å². The average molecular weight is 138 g/mol. The first-order valence-corrected chi connectivity index (χ1v) is 2.89. The number of nitrogens with zero attached hydrogens (tertiary/aromatic N) is 1. The molecule has 4 nitrogen and oxygen atoms in total. The highest BCUT2D eigenvalue weighted by molar-refractivity contribution is 5.74. The van der Waals surface area contributed by atoms with Gasteiger partial charge in [-0.2, -0.15) is 0 Å². The van der Waals surface area contributed by atoms with Crippen molar-refractivity contribution in [2.45, 2.75) is 6.92 Å². The summed E-state index contributed by atoms with van der Waals surface area (Å²) in [5, 5.41) is 0. The first-order chi connectivity index (χ1) is 4.61. The van der Waals surface area contributed by atoms with E-state index in [-0.39, 0.29) is 0 Å². The van der Waals surface area contributed by atoms with Crippen molar-refractivity contribution in [3.05, 3.63) is 11.8 Å². The molecule has 0 atom stereocenters. The minimum absolute atomic E-state index is 0.303. The van der Waals surface area contributed by atoms with Crippen molar-refractivity contribution in [3.63, 3.8) is 0 Å². The molecule has 0 bridgehead atoms. The Balaban J connectivity index is 3.31. The molecule has 6 N–H and O–H groups in total. The topological polar surface area (TPSA) is 91.0 Å². The summed E-state index contributed by atoms with van der Waals surface area (Å²) in [5.41, 5.74) is 18.0. The number of nitrogens with two attached hydrogens (primary N) is 3. The minimum atomic E-state index is 0.303. The van der Waals surface area contributed by atoms with E-state index >= 15 is 0 Å². The molecule has 54 valence electrons. The number of pyridine rings is 1. The van der Waals surface area contributed by atoms with Crippen molar-refractivity contribution in [2.75, 3.05) is 17.2 Å². The number of nitrogen functional groups attached to an aromatic ring is 3. The highest BCUT2D eigenvalue weighted by Crippen LogP contribution is 2.20. The third kappa shape index (κ3) is 0.953. The molecule has 1 aromatic heterocycles. The number of rotatable bonds is 0. The molecule has 0 aromatic carbocycles. The van der Waals surface area contributed by atoms with Crippen molar-refractivity contribution in [1.82, 2.24) is 4.98 Å². The van der Waals surface area contributed by atoms with Crippen LogP contribution in [0.1, 0.15) is 5.69 Å². The van der Waals surface area contributed by atoms with Crippen molar-refractivity contribution >= 4 is 17.2 Å². The van der Waals surface area contributed by atoms with Gasteiger partial charge in [-0.05, 0) is 13.0 Å². The summed E-state index contributed by atoms with van der Waals surface area (Å²) in [4.78, 5) is 3.91. The molecule has 0 spiro atoms. The Morgan fingerprint density at radius 2 is 1.90 bits per heavy atom. The van der Waals surface area contributed by atoms with Crippen LogP contribution in [-0.4, -0.2) is 4.98 Å². The van der Waals surface area contributed by atoms with E-state index in [1.54, 1.807) is 6.07 Å². The fraction of sp³-hybridized carbons (Fsp3) is 0.167. The highest BCUT2D eigenvalue weighted by atomic mass is 14.9. The van der Waals surface area contributed by atoms with Crippen LogP contribution in [0.3, 0.4) is 0 Å². The zero-order valence-electron chi connectivity index (χ0n) is 5.76. The molecule has 4 heteroatoms. The summed E-state index contributed by atoms with van der Waals surface area (Å²) in [7, 11) is 0. The molecule has 1 heterocycles. The van der Waals surface area contributed by atoms with Crippen LogP contribution in [0.5, 0.6) is 0 Å². The summed E-state index contributed by atoms with van der Waals surface area (Å²) in [6.45, 7) is 1.81. The third-order valence-electron chi connectivity index (χ3n) is 1.25. The first kappa shape index (κ1) is 6.67. The first-order valence-electron chi connectivity index (χ1n) is 2.89. The molecule has 0 amide bonds. The van der Waals surface area contributed by atoms with E-state index < -0.39 is 0 Å². The van der Waals surface area contributed by atoms with Crippen molar-refractivity contribution < 1.29 is 0 Å². The molecule has 0 unspecified atom stereocenters. The lowest BCUT2D eigenvalue weighted by Crippen LogP contribution is -2.03. The summed E-state index contributed by atoms with van der Waals surface area (Å²) >= 11 is 0. The molecule has 0 aliphatic carbocycles. The molecule has 0 saturated carbocycles. The fourth-order valence-electron chi connectivity index (χ4n) is 0.733. The fourth-order valence-corrected chi connectivity index (χ4v) is 0.733. The molecule has 0 saturated heterocycles. The van der Waals surface area contributed by atoms with Crippen molar-refractivity contribution in [1.29, 1.82) is 0 Å². The standard InChI is InChI=1S/C6H10N4/c1-3-2-4(7)5(8)6(9)10-3/h2H,8H2,1H3,(H4,7,9,10). The summed E-state index contributed by atoms with van der Waals surface area (Å²) in [5.74, 6) is 0.303. The van der Waals surface area contributed by atoms with Gasteiger partial charge in [-0.25, -0.2) is 4.98 Å². The van der Waals surface area contributed by atoms with E-state index in [0.717, 1.165) is 5.69 Å². The summed E-state index contributed by atoms with van der Waals surface area (Å²) in [6, 6.07) is 1.69. The molecule has 0 radical (unpaired) electrons. The van der Waals surface area contributed by atoms with Crippen LogP contribution < -0.4 is 17.2 Å². The zero-order valence-corrected chi connectivity index (χ0v) is 5.76. The van der Waals surface area contributed by atoms with Crippen molar-refractivity contribution in [3.8, 4) is 0 Å². The Labute approximate surface area is 59.0 Å². The van der Waals surface area contributed by atoms with E-state index in [2.05, 4.69) is 4.98 Å². The Bertz CT molecular complexity index is 233. The van der Waals surface area contributed by atoms with Gasteiger partial charge in [-0.15, -0.1) is 0 Å². The number of aryl methyl sites for hydroxylation is 1. The van der Waals surface area contributed by atoms with Gasteiger partial charge in [0.1, 0.15) is 5.82 Å². The van der Waals surface area contributed by atoms with E-state index in [4.69, 9.17) is 17.2 Å². The predicted octanol–water partition coefficient (Wildman–Crippen LogP) is 0.137. The quantitative estimate of drug-likeness (QED) is 0.475. The van der Waals surface area contributed by atoms with Crippen LogP contribution in [0.25, 0.3) is 0 Å². The van der Waals surface area contributed by atoms with Gasteiger partial charge < -0.3 is 17.2 Å². The SMILES string of the molecule is Cc1cc(N)c(N)c(N)n1. The predicted molar refractivity (Wildman–Crippen MR) is 42.2 cm³/mol. The van der Waals surface area contributed by atoms with Crippen LogP contribution in [0.2, 0.25) is 0 Å². The summed E-state index contributed by atoms with van der Waals surface area (Å²) < 4.78 is 0. The largest absolute Gasteiger partial charge is 0.397 e. The average Bonchev–Trinajstić information content (AvgIpc) is 1.82. The van der Waals surface area contributed by atoms with Gasteiger partial charge in [0, 0.05) is 5.69 Å². The van der Waals surface area contributed by atoms with E-state index in [0.29, 0.717) is 17.2 Å². The molecule has 1 rings (SSSR count). The number of hydrogen-bond acceptors (Lipinski definition) is 4. The van der Waals surface area contributed by atoms with Crippen LogP contribution in [0.15, 0.2) is 6.07 Å². The number of aromatic nitrogens is 1. The molecular weight excluding hydrogens is 128 g/mol. The van der Waals surface area contributed by atoms with Gasteiger partial charge in [0.2, 0.25) is 0 Å². The number of anilines is 3. The number of hydrogen-bond donors (Lipinski definition) is 3.